The van der Waals surface area contributed by atoms with E-state index >= 15 is 0 Å². The molecular formula is C26H37N3O8. The van der Waals surface area contributed by atoms with Crippen LogP contribution in [0.4, 0.5) is 0 Å². The number of hydrogen-bond acceptors (Lipinski definition) is 9. The van der Waals surface area contributed by atoms with Crippen LogP contribution in [0.3, 0.4) is 0 Å². The summed E-state index contributed by atoms with van der Waals surface area (Å²) < 4.78 is 27.8. The van der Waals surface area contributed by atoms with E-state index in [9.17, 15) is 14.4 Å². The highest BCUT2D eigenvalue weighted by molar-refractivity contribution is 6.06. The molecule has 1 fully saturated rings. The number of carbonyl (C=O) groups excluding carboxylic acids is 3. The van der Waals surface area contributed by atoms with Crippen LogP contribution in [-0.4, -0.2) is 94.7 Å². The number of piperidine rings is 1. The zero-order valence-corrected chi connectivity index (χ0v) is 21.2. The first-order valence-electron chi connectivity index (χ1n) is 13.0. The predicted molar refractivity (Wildman–Crippen MR) is 132 cm³/mol. The molecule has 4 rings (SSSR count). The Labute approximate surface area is 216 Å². The molecule has 204 valence electrons. The van der Waals surface area contributed by atoms with Gasteiger partial charge in [0.25, 0.3) is 5.91 Å². The summed E-state index contributed by atoms with van der Waals surface area (Å²) in [5.74, 6) is -0.823. The van der Waals surface area contributed by atoms with Gasteiger partial charge >= 0.3 is 0 Å². The summed E-state index contributed by atoms with van der Waals surface area (Å²) in [5.41, 5.74) is 7.91. The van der Waals surface area contributed by atoms with Crippen molar-refractivity contribution in [2.24, 2.45) is 5.73 Å². The van der Waals surface area contributed by atoms with Crippen molar-refractivity contribution in [3.8, 4) is 0 Å². The minimum absolute atomic E-state index is 0.133. The van der Waals surface area contributed by atoms with E-state index in [4.69, 9.17) is 29.4 Å². The molecule has 3 N–H and O–H groups in total. The van der Waals surface area contributed by atoms with Gasteiger partial charge in [0.1, 0.15) is 6.04 Å². The molecule has 0 radical (unpaired) electrons. The SMILES string of the molecule is NCCOCCOCCOCCOCCOC1CCC2c3c(cccc31)C(=O)N2C1CCC(=O)NC1=O. The minimum Gasteiger partial charge on any atom is -0.378 e. The Morgan fingerprint density at radius 3 is 2.11 bits per heavy atom. The maximum absolute atomic E-state index is 13.2. The number of amides is 3. The van der Waals surface area contributed by atoms with Crippen molar-refractivity contribution in [2.75, 3.05) is 66.0 Å². The highest BCUT2D eigenvalue weighted by Crippen LogP contribution is 2.48. The number of benzene rings is 1. The predicted octanol–water partition coefficient (Wildman–Crippen LogP) is 0.865. The molecule has 0 aromatic heterocycles. The largest absolute Gasteiger partial charge is 0.378 e. The Kier molecular flexibility index (Phi) is 10.4. The van der Waals surface area contributed by atoms with Crippen molar-refractivity contribution in [3.05, 3.63) is 34.9 Å². The van der Waals surface area contributed by atoms with E-state index in [2.05, 4.69) is 5.32 Å². The number of hydrogen-bond donors (Lipinski definition) is 2. The van der Waals surface area contributed by atoms with Crippen LogP contribution >= 0.6 is 0 Å². The average Bonchev–Trinajstić information content (AvgIpc) is 3.18. The van der Waals surface area contributed by atoms with Crippen LogP contribution < -0.4 is 11.1 Å². The first-order valence-corrected chi connectivity index (χ1v) is 13.0. The van der Waals surface area contributed by atoms with Crippen LogP contribution in [0.2, 0.25) is 0 Å². The lowest BCUT2D eigenvalue weighted by atomic mass is 9.84. The molecule has 3 amide bonds. The van der Waals surface area contributed by atoms with Crippen molar-refractivity contribution in [3.63, 3.8) is 0 Å². The van der Waals surface area contributed by atoms with Crippen LogP contribution in [0.5, 0.6) is 0 Å². The molecule has 11 heteroatoms. The first-order chi connectivity index (χ1) is 18.1. The summed E-state index contributed by atoms with van der Waals surface area (Å²) in [5, 5.41) is 2.38. The zero-order chi connectivity index (χ0) is 26.0. The fraction of sp³-hybridized carbons (Fsp3) is 0.654. The maximum atomic E-state index is 13.2. The van der Waals surface area contributed by atoms with Gasteiger partial charge in [-0.15, -0.1) is 0 Å². The summed E-state index contributed by atoms with van der Waals surface area (Å²) in [6.45, 7) is 4.90. The van der Waals surface area contributed by atoms with Gasteiger partial charge in [-0.25, -0.2) is 0 Å². The second kappa shape index (κ2) is 13.9. The number of nitrogens with zero attached hydrogens (tertiary/aromatic N) is 1. The zero-order valence-electron chi connectivity index (χ0n) is 21.2. The highest BCUT2D eigenvalue weighted by atomic mass is 16.6. The van der Waals surface area contributed by atoms with Gasteiger partial charge < -0.3 is 34.3 Å². The van der Waals surface area contributed by atoms with E-state index < -0.39 is 6.04 Å². The normalized spacial score (nSPS) is 22.9. The molecule has 37 heavy (non-hydrogen) atoms. The molecule has 0 saturated carbocycles. The third-order valence-electron chi connectivity index (χ3n) is 6.79. The van der Waals surface area contributed by atoms with E-state index in [0.717, 1.165) is 17.5 Å². The molecule has 0 spiro atoms. The third kappa shape index (κ3) is 6.92. The highest BCUT2D eigenvalue weighted by Gasteiger charge is 2.47. The number of ether oxygens (including phenoxy) is 5. The van der Waals surface area contributed by atoms with Crippen LogP contribution in [0.25, 0.3) is 0 Å². The lowest BCUT2D eigenvalue weighted by Crippen LogP contribution is -2.53. The van der Waals surface area contributed by atoms with Crippen LogP contribution in [0.15, 0.2) is 18.2 Å². The van der Waals surface area contributed by atoms with Crippen LogP contribution in [-0.2, 0) is 33.3 Å². The van der Waals surface area contributed by atoms with E-state index in [0.29, 0.717) is 84.4 Å². The first kappa shape index (κ1) is 27.6. The number of imide groups is 1. The number of rotatable bonds is 16. The smallest absolute Gasteiger partial charge is 0.255 e. The molecule has 11 nitrogen and oxygen atoms in total. The summed E-state index contributed by atoms with van der Waals surface area (Å²) in [7, 11) is 0. The molecule has 3 unspecified atom stereocenters. The van der Waals surface area contributed by atoms with Gasteiger partial charge in [0.15, 0.2) is 0 Å². The van der Waals surface area contributed by atoms with Gasteiger partial charge in [-0.1, -0.05) is 12.1 Å². The maximum Gasteiger partial charge on any atom is 0.255 e. The molecular weight excluding hydrogens is 482 g/mol. The lowest BCUT2D eigenvalue weighted by molar-refractivity contribution is -0.137. The minimum atomic E-state index is -0.620. The quantitative estimate of drug-likeness (QED) is 0.241. The average molecular weight is 520 g/mol. The van der Waals surface area contributed by atoms with Crippen molar-refractivity contribution in [2.45, 2.75) is 43.9 Å². The standard InChI is InChI=1S/C26H37N3O8/c27-8-9-33-10-11-34-12-13-35-14-15-36-16-17-37-22-6-4-20-24-18(22)2-1-3-19(24)26(32)29(20)21-5-7-23(30)28-25(21)31/h1-3,20-22H,4-17,27H2,(H,28,30,31). The number of carbonyl (C=O) groups is 3. The molecule has 2 aliphatic heterocycles. The van der Waals surface area contributed by atoms with Crippen molar-refractivity contribution < 1.29 is 38.1 Å². The van der Waals surface area contributed by atoms with Crippen molar-refractivity contribution in [1.82, 2.24) is 10.2 Å². The molecule has 1 aliphatic carbocycles. The number of nitrogens with two attached hydrogens (primary N) is 1. The summed E-state index contributed by atoms with van der Waals surface area (Å²) in [6, 6.07) is 4.89. The number of nitrogens with one attached hydrogen (secondary N) is 1. The van der Waals surface area contributed by atoms with Gasteiger partial charge in [-0.3, -0.25) is 19.7 Å². The second-order valence-corrected chi connectivity index (χ2v) is 9.18. The van der Waals surface area contributed by atoms with Crippen LogP contribution in [0, 0.1) is 0 Å². The Hall–Kier alpha value is -2.41. The van der Waals surface area contributed by atoms with E-state index in [1.807, 2.05) is 18.2 Å². The summed E-state index contributed by atoms with van der Waals surface area (Å²) >= 11 is 0. The van der Waals surface area contributed by atoms with Gasteiger partial charge in [-0.05, 0) is 36.5 Å². The molecule has 3 aliphatic rings. The molecule has 2 heterocycles. The van der Waals surface area contributed by atoms with E-state index in [1.54, 1.807) is 4.90 Å². The Bertz CT molecular complexity index is 942. The topological polar surface area (TPSA) is 139 Å². The molecule has 3 atom stereocenters. The summed E-state index contributed by atoms with van der Waals surface area (Å²) in [6.07, 6.45) is 1.90. The monoisotopic (exact) mass is 519 g/mol. The van der Waals surface area contributed by atoms with Gasteiger partial charge in [0, 0.05) is 18.5 Å². The van der Waals surface area contributed by atoms with Gasteiger partial charge in [0.2, 0.25) is 11.8 Å². The van der Waals surface area contributed by atoms with Gasteiger partial charge in [-0.2, -0.15) is 0 Å². The molecule has 1 saturated heterocycles. The fourth-order valence-corrected chi connectivity index (χ4v) is 5.16. The lowest BCUT2D eigenvalue weighted by Gasteiger charge is -2.37. The third-order valence-corrected chi connectivity index (χ3v) is 6.79. The Morgan fingerprint density at radius 2 is 1.46 bits per heavy atom. The van der Waals surface area contributed by atoms with E-state index in [1.165, 1.54) is 0 Å². The Morgan fingerprint density at radius 1 is 0.811 bits per heavy atom. The second-order valence-electron chi connectivity index (χ2n) is 9.18. The molecule has 1 aromatic carbocycles. The fourth-order valence-electron chi connectivity index (χ4n) is 5.16. The Balaban J connectivity index is 1.16. The van der Waals surface area contributed by atoms with E-state index in [-0.39, 0.29) is 36.3 Å². The summed E-state index contributed by atoms with van der Waals surface area (Å²) in [4.78, 5) is 39.0. The van der Waals surface area contributed by atoms with Crippen molar-refractivity contribution >= 4 is 17.7 Å². The van der Waals surface area contributed by atoms with Crippen LogP contribution in [0.1, 0.15) is 59.3 Å². The molecule has 1 aromatic rings. The molecule has 0 bridgehead atoms. The van der Waals surface area contributed by atoms with Gasteiger partial charge in [0.05, 0.1) is 71.6 Å². The van der Waals surface area contributed by atoms with Crippen molar-refractivity contribution in [1.29, 1.82) is 0 Å².